The van der Waals surface area contributed by atoms with E-state index < -0.39 is 29.1 Å². The van der Waals surface area contributed by atoms with Gasteiger partial charge < -0.3 is 20.3 Å². The lowest BCUT2D eigenvalue weighted by molar-refractivity contribution is -0.116. The molecule has 2 atom stereocenters. The summed E-state index contributed by atoms with van der Waals surface area (Å²) in [6, 6.07) is 8.95. The molecule has 2 aromatic rings. The molecule has 0 saturated carbocycles. The summed E-state index contributed by atoms with van der Waals surface area (Å²) in [6.45, 7) is 0.915. The summed E-state index contributed by atoms with van der Waals surface area (Å²) in [5, 5.41) is 24.5. The third kappa shape index (κ3) is 3.81. The van der Waals surface area contributed by atoms with Gasteiger partial charge in [0.1, 0.15) is 11.4 Å². The molecule has 0 spiro atoms. The zero-order chi connectivity index (χ0) is 22.5. The zero-order valence-corrected chi connectivity index (χ0v) is 17.1. The predicted molar refractivity (Wildman–Crippen MR) is 113 cm³/mol. The van der Waals surface area contributed by atoms with Crippen LogP contribution in [0, 0.1) is 11.6 Å². The van der Waals surface area contributed by atoms with Crippen LogP contribution in [0.1, 0.15) is 23.7 Å². The standard InChI is InChI=1S/C24H22F2N2O4/c25-18-2-1-3-19(26)23(18)32-17-9-16-11-28(13-24(16,31)10-17)12-21(29)15-4-6-20-14(8-15)5-7-22(30)27-20/h1-4,6,8-10,21,29,31H,5,7,11-13H2,(H,27,30)/t21-,24-/m0/s1. The van der Waals surface area contributed by atoms with Crippen LogP contribution in [-0.2, 0) is 11.2 Å². The Kier molecular flexibility index (Phi) is 5.08. The lowest BCUT2D eigenvalue weighted by atomic mass is 9.98. The number of nitrogens with one attached hydrogen (secondary N) is 1. The quantitative estimate of drug-likeness (QED) is 0.666. The number of likely N-dealkylation sites (tertiary alicyclic amines) is 1. The maximum atomic E-state index is 13.8. The molecule has 3 N–H and O–H groups in total. The topological polar surface area (TPSA) is 82.0 Å². The van der Waals surface area contributed by atoms with E-state index in [1.54, 1.807) is 18.2 Å². The molecule has 1 amide bonds. The second-order valence-corrected chi connectivity index (χ2v) is 8.44. The van der Waals surface area contributed by atoms with E-state index in [-0.39, 0.29) is 18.2 Å². The Bertz CT molecular complexity index is 1140. The van der Waals surface area contributed by atoms with E-state index in [1.807, 2.05) is 11.0 Å². The van der Waals surface area contributed by atoms with E-state index in [2.05, 4.69) is 5.32 Å². The van der Waals surface area contributed by atoms with Crippen LogP contribution in [0.15, 0.2) is 59.9 Å². The highest BCUT2D eigenvalue weighted by Crippen LogP contribution is 2.38. The highest BCUT2D eigenvalue weighted by molar-refractivity contribution is 5.93. The number of hydrogen-bond donors (Lipinski definition) is 3. The largest absolute Gasteiger partial charge is 0.451 e. The van der Waals surface area contributed by atoms with E-state index in [1.165, 1.54) is 12.1 Å². The van der Waals surface area contributed by atoms with Crippen molar-refractivity contribution in [2.45, 2.75) is 24.5 Å². The van der Waals surface area contributed by atoms with Gasteiger partial charge in [-0.1, -0.05) is 18.2 Å². The molecule has 2 aromatic carbocycles. The summed E-state index contributed by atoms with van der Waals surface area (Å²) in [4.78, 5) is 13.4. The van der Waals surface area contributed by atoms with E-state index in [0.717, 1.165) is 28.9 Å². The number of aliphatic hydroxyl groups excluding tert-OH is 1. The molecular formula is C24H22F2N2O4. The number of anilines is 1. The van der Waals surface area contributed by atoms with Gasteiger partial charge in [0.15, 0.2) is 17.4 Å². The molecule has 2 aliphatic heterocycles. The van der Waals surface area contributed by atoms with Gasteiger partial charge in [-0.15, -0.1) is 0 Å². The number of carbonyl (C=O) groups is 1. The first-order chi connectivity index (χ1) is 15.3. The number of aliphatic hydroxyl groups is 2. The minimum absolute atomic E-state index is 0.00920. The molecule has 8 heteroatoms. The summed E-state index contributed by atoms with van der Waals surface area (Å²) < 4.78 is 33.1. The molecule has 0 aromatic heterocycles. The van der Waals surface area contributed by atoms with E-state index in [0.29, 0.717) is 31.5 Å². The van der Waals surface area contributed by atoms with Gasteiger partial charge in [-0.2, -0.15) is 0 Å². The number of β-amino-alcohol motifs (C(OH)–C–C–N with tert-alkyl or cyclic N) is 2. The molecule has 1 saturated heterocycles. The normalized spacial score (nSPS) is 23.2. The fraction of sp³-hybridized carbons (Fsp3) is 0.292. The van der Waals surface area contributed by atoms with Crippen molar-refractivity contribution < 1.29 is 28.5 Å². The average molecular weight is 440 g/mol. The summed E-state index contributed by atoms with van der Waals surface area (Å²) in [5.41, 5.74) is 1.84. The van der Waals surface area contributed by atoms with Gasteiger partial charge in [0.05, 0.1) is 6.10 Å². The average Bonchev–Trinajstić information content (AvgIpc) is 3.20. The molecule has 0 radical (unpaired) electrons. The molecule has 2 heterocycles. The van der Waals surface area contributed by atoms with Gasteiger partial charge in [0.25, 0.3) is 0 Å². The van der Waals surface area contributed by atoms with Gasteiger partial charge in [0, 0.05) is 31.7 Å². The fourth-order valence-electron chi connectivity index (χ4n) is 4.48. The Morgan fingerprint density at radius 1 is 1.19 bits per heavy atom. The fourth-order valence-corrected chi connectivity index (χ4v) is 4.48. The number of ether oxygens (including phenoxy) is 1. The molecular weight excluding hydrogens is 418 g/mol. The second kappa shape index (κ2) is 7.81. The van der Waals surface area contributed by atoms with Crippen LogP contribution in [0.5, 0.6) is 5.75 Å². The Morgan fingerprint density at radius 2 is 1.97 bits per heavy atom. The molecule has 32 heavy (non-hydrogen) atoms. The van der Waals surface area contributed by atoms with Gasteiger partial charge >= 0.3 is 0 Å². The van der Waals surface area contributed by atoms with Crippen molar-refractivity contribution >= 4 is 11.6 Å². The maximum absolute atomic E-state index is 13.8. The van der Waals surface area contributed by atoms with Crippen molar-refractivity contribution in [1.82, 2.24) is 4.90 Å². The van der Waals surface area contributed by atoms with E-state index in [4.69, 9.17) is 4.74 Å². The molecule has 3 aliphatic rings. The van der Waals surface area contributed by atoms with Crippen LogP contribution < -0.4 is 10.1 Å². The lowest BCUT2D eigenvalue weighted by Crippen LogP contribution is -2.33. The monoisotopic (exact) mass is 440 g/mol. The second-order valence-electron chi connectivity index (χ2n) is 8.44. The number of benzene rings is 2. The van der Waals surface area contributed by atoms with Crippen molar-refractivity contribution in [3.8, 4) is 5.75 Å². The van der Waals surface area contributed by atoms with Gasteiger partial charge in [-0.05, 0) is 53.5 Å². The molecule has 166 valence electrons. The third-order valence-electron chi connectivity index (χ3n) is 6.09. The highest BCUT2D eigenvalue weighted by atomic mass is 19.1. The molecule has 1 fully saturated rings. The first-order valence-electron chi connectivity index (χ1n) is 10.4. The van der Waals surface area contributed by atoms with Crippen LogP contribution in [0.4, 0.5) is 14.5 Å². The Hall–Kier alpha value is -3.07. The number of carbonyl (C=O) groups excluding carboxylic acids is 1. The molecule has 0 bridgehead atoms. The molecule has 5 rings (SSSR count). The number of fused-ring (bicyclic) bond motifs is 2. The number of amides is 1. The van der Waals surface area contributed by atoms with Crippen molar-refractivity contribution in [2.24, 2.45) is 0 Å². The van der Waals surface area contributed by atoms with Gasteiger partial charge in [0.2, 0.25) is 5.91 Å². The highest BCUT2D eigenvalue weighted by Gasteiger charge is 2.43. The van der Waals surface area contributed by atoms with Crippen molar-refractivity contribution in [3.63, 3.8) is 0 Å². The predicted octanol–water partition coefficient (Wildman–Crippen LogP) is 2.83. The van der Waals surface area contributed by atoms with Crippen LogP contribution >= 0.6 is 0 Å². The number of rotatable bonds is 5. The number of halogens is 2. The van der Waals surface area contributed by atoms with Crippen LogP contribution in [0.25, 0.3) is 0 Å². The molecule has 0 unspecified atom stereocenters. The number of nitrogens with zero attached hydrogens (tertiary/aromatic N) is 1. The summed E-state index contributed by atoms with van der Waals surface area (Å²) in [5.74, 6) is -1.96. The summed E-state index contributed by atoms with van der Waals surface area (Å²) in [6.07, 6.45) is 3.32. The summed E-state index contributed by atoms with van der Waals surface area (Å²) >= 11 is 0. The van der Waals surface area contributed by atoms with Crippen LogP contribution in [0.2, 0.25) is 0 Å². The smallest absolute Gasteiger partial charge is 0.224 e. The maximum Gasteiger partial charge on any atom is 0.224 e. The first-order valence-corrected chi connectivity index (χ1v) is 10.4. The number of aryl methyl sites for hydroxylation is 1. The molecule has 6 nitrogen and oxygen atoms in total. The number of para-hydroxylation sites is 1. The number of hydrogen-bond acceptors (Lipinski definition) is 5. The molecule has 1 aliphatic carbocycles. The van der Waals surface area contributed by atoms with Crippen LogP contribution in [-0.4, -0.2) is 46.3 Å². The Balaban J connectivity index is 1.25. The number of allylic oxidation sites excluding steroid dienone is 1. The third-order valence-corrected chi connectivity index (χ3v) is 6.09. The van der Waals surface area contributed by atoms with Crippen molar-refractivity contribution in [1.29, 1.82) is 0 Å². The Morgan fingerprint density at radius 3 is 2.72 bits per heavy atom. The minimum atomic E-state index is -1.31. The SMILES string of the molecule is O=C1CCc2cc([C@@H](O)CN3CC4=CC(Oc5c(F)cccc5F)=C[C@]4(O)C3)ccc2N1. The van der Waals surface area contributed by atoms with Crippen LogP contribution in [0.3, 0.4) is 0 Å². The van der Waals surface area contributed by atoms with Gasteiger partial charge in [-0.25, -0.2) is 8.78 Å². The van der Waals surface area contributed by atoms with E-state index in [9.17, 15) is 23.8 Å². The Labute approximate surface area is 183 Å². The summed E-state index contributed by atoms with van der Waals surface area (Å²) in [7, 11) is 0. The first kappa shape index (κ1) is 20.8. The van der Waals surface area contributed by atoms with E-state index >= 15 is 0 Å². The zero-order valence-electron chi connectivity index (χ0n) is 17.1. The lowest BCUT2D eigenvalue weighted by Gasteiger charge is -2.23. The van der Waals surface area contributed by atoms with Gasteiger partial charge in [-0.3, -0.25) is 9.69 Å². The minimum Gasteiger partial charge on any atom is -0.451 e. The van der Waals surface area contributed by atoms with Crippen molar-refractivity contribution in [3.05, 3.63) is 82.6 Å². The van der Waals surface area contributed by atoms with Crippen molar-refractivity contribution in [2.75, 3.05) is 25.0 Å².